The van der Waals surface area contributed by atoms with Gasteiger partial charge in [0.2, 0.25) is 0 Å². The molecule has 70 valence electrons. The zero-order valence-corrected chi connectivity index (χ0v) is 8.63. The Hall–Kier alpha value is -0.860. The van der Waals surface area contributed by atoms with E-state index in [9.17, 15) is 0 Å². The molecule has 0 fully saturated rings. The van der Waals surface area contributed by atoms with Crippen molar-refractivity contribution in [2.75, 3.05) is 0 Å². The minimum Gasteiger partial charge on any atom is -0.198 e. The topological polar surface area (TPSA) is 41.6 Å². The summed E-state index contributed by atoms with van der Waals surface area (Å²) in [7, 11) is 0. The van der Waals surface area contributed by atoms with Crippen molar-refractivity contribution in [1.29, 1.82) is 0 Å². The fourth-order valence-corrected chi connectivity index (χ4v) is 0.489. The first-order valence-electron chi connectivity index (χ1n) is 4.39. The van der Waals surface area contributed by atoms with E-state index in [0.29, 0.717) is 5.92 Å². The van der Waals surface area contributed by atoms with Crippen molar-refractivity contribution in [3.8, 4) is 0 Å². The molecule has 3 nitrogen and oxygen atoms in total. The van der Waals surface area contributed by atoms with E-state index in [-0.39, 0.29) is 0 Å². The second-order valence-electron chi connectivity index (χ2n) is 3.78. The van der Waals surface area contributed by atoms with Gasteiger partial charge in [0.05, 0.1) is 11.9 Å². The maximum atomic E-state index is 3.88. The lowest BCUT2D eigenvalue weighted by atomic mass is 10.2. The minimum atomic E-state index is 0.480. The van der Waals surface area contributed by atoms with Crippen LogP contribution in [0.3, 0.4) is 0 Å². The summed E-state index contributed by atoms with van der Waals surface area (Å²) in [5.41, 5.74) is 1.02. The standard InChI is InChI=1S/C5H9N3.C4H10/c1-4(2)5-3-6-8-7-5;1-4(2)3/h3-4H,1-2H3,(H,6,7,8);4H,1-3H3. The smallest absolute Gasteiger partial charge is 0.0850 e. The first-order valence-corrected chi connectivity index (χ1v) is 4.39. The summed E-state index contributed by atoms with van der Waals surface area (Å²) >= 11 is 0. The summed E-state index contributed by atoms with van der Waals surface area (Å²) in [4.78, 5) is 0. The van der Waals surface area contributed by atoms with Crippen LogP contribution in [0.1, 0.15) is 46.2 Å². The average Bonchev–Trinajstić information content (AvgIpc) is 2.34. The number of H-pyrrole nitrogens is 1. The van der Waals surface area contributed by atoms with Gasteiger partial charge in [-0.15, -0.1) is 0 Å². The summed E-state index contributed by atoms with van der Waals surface area (Å²) in [5.74, 6) is 1.31. The Bertz CT molecular complexity index is 175. The number of nitrogens with one attached hydrogen (secondary N) is 1. The summed E-state index contributed by atoms with van der Waals surface area (Å²) < 4.78 is 0. The molecule has 0 aromatic carbocycles. The molecule has 0 radical (unpaired) electrons. The Kier molecular flexibility index (Phi) is 5.34. The highest BCUT2D eigenvalue weighted by atomic mass is 15.3. The maximum absolute atomic E-state index is 3.88. The number of nitrogens with zero attached hydrogens (tertiary/aromatic N) is 2. The summed E-state index contributed by atoms with van der Waals surface area (Å²) in [6.07, 6.45) is 1.74. The molecular weight excluding hydrogens is 150 g/mol. The van der Waals surface area contributed by atoms with E-state index in [1.807, 2.05) is 0 Å². The van der Waals surface area contributed by atoms with Gasteiger partial charge in [-0.1, -0.05) is 34.6 Å². The van der Waals surface area contributed by atoms with Crippen LogP contribution in [-0.4, -0.2) is 15.4 Å². The van der Waals surface area contributed by atoms with Gasteiger partial charge < -0.3 is 0 Å². The van der Waals surface area contributed by atoms with E-state index < -0.39 is 0 Å². The van der Waals surface area contributed by atoms with Gasteiger partial charge >= 0.3 is 0 Å². The van der Waals surface area contributed by atoms with Crippen LogP contribution in [0.4, 0.5) is 0 Å². The van der Waals surface area contributed by atoms with Crippen LogP contribution in [-0.2, 0) is 0 Å². The number of rotatable bonds is 1. The molecule has 0 saturated carbocycles. The van der Waals surface area contributed by atoms with E-state index in [1.165, 1.54) is 0 Å². The van der Waals surface area contributed by atoms with Crippen LogP contribution in [0.15, 0.2) is 6.20 Å². The normalized spacial score (nSPS) is 9.92. The molecule has 0 aliphatic rings. The van der Waals surface area contributed by atoms with Crippen molar-refractivity contribution in [3.05, 3.63) is 11.9 Å². The molecule has 0 amide bonds. The highest BCUT2D eigenvalue weighted by Gasteiger charge is 1.98. The van der Waals surface area contributed by atoms with Crippen molar-refractivity contribution in [2.24, 2.45) is 5.92 Å². The third-order valence-electron chi connectivity index (χ3n) is 1.03. The Balaban J connectivity index is 0.000000261. The predicted molar refractivity (Wildman–Crippen MR) is 51.0 cm³/mol. The molecule has 0 unspecified atom stereocenters. The van der Waals surface area contributed by atoms with Crippen molar-refractivity contribution in [1.82, 2.24) is 15.4 Å². The van der Waals surface area contributed by atoms with Crippen molar-refractivity contribution >= 4 is 0 Å². The number of hydrogen-bond acceptors (Lipinski definition) is 2. The highest BCUT2D eigenvalue weighted by Crippen LogP contribution is 2.06. The number of aromatic nitrogens is 3. The first kappa shape index (κ1) is 11.1. The molecule has 3 heteroatoms. The predicted octanol–water partition coefficient (Wildman–Crippen LogP) is 2.59. The molecule has 0 saturated heterocycles. The second kappa shape index (κ2) is 5.75. The summed E-state index contributed by atoms with van der Waals surface area (Å²) in [5, 5.41) is 10.1. The van der Waals surface area contributed by atoms with Gasteiger partial charge in [-0.05, 0) is 11.8 Å². The van der Waals surface area contributed by atoms with E-state index in [2.05, 4.69) is 50.0 Å². The van der Waals surface area contributed by atoms with Gasteiger partial charge in [-0.3, -0.25) is 0 Å². The Morgan fingerprint density at radius 1 is 1.17 bits per heavy atom. The zero-order valence-electron chi connectivity index (χ0n) is 8.63. The third-order valence-corrected chi connectivity index (χ3v) is 1.03. The largest absolute Gasteiger partial charge is 0.198 e. The lowest BCUT2D eigenvalue weighted by molar-refractivity contribution is 0.737. The molecule has 0 spiro atoms. The number of hydrogen-bond donors (Lipinski definition) is 1. The van der Waals surface area contributed by atoms with Crippen LogP contribution in [0.2, 0.25) is 0 Å². The lowest BCUT2D eigenvalue weighted by Crippen LogP contribution is -1.85. The van der Waals surface area contributed by atoms with Crippen LogP contribution < -0.4 is 0 Å². The Labute approximate surface area is 74.6 Å². The lowest BCUT2D eigenvalue weighted by Gasteiger charge is -1.92. The van der Waals surface area contributed by atoms with E-state index in [1.54, 1.807) is 6.20 Å². The molecule has 0 aliphatic carbocycles. The molecule has 1 N–H and O–H groups in total. The van der Waals surface area contributed by atoms with E-state index in [4.69, 9.17) is 0 Å². The maximum Gasteiger partial charge on any atom is 0.0850 e. The van der Waals surface area contributed by atoms with Crippen molar-refractivity contribution in [2.45, 2.75) is 40.5 Å². The molecule has 1 rings (SSSR count). The SMILES string of the molecule is CC(C)C.CC(C)c1cn[nH]n1. The summed E-state index contributed by atoms with van der Waals surface area (Å²) in [6.45, 7) is 10.7. The molecule has 12 heavy (non-hydrogen) atoms. The first-order chi connectivity index (χ1) is 5.54. The fraction of sp³-hybridized carbons (Fsp3) is 0.778. The second-order valence-corrected chi connectivity index (χ2v) is 3.78. The zero-order chi connectivity index (χ0) is 9.56. The van der Waals surface area contributed by atoms with Crippen LogP contribution >= 0.6 is 0 Å². The molecule has 1 heterocycles. The van der Waals surface area contributed by atoms with E-state index >= 15 is 0 Å². The number of aromatic amines is 1. The van der Waals surface area contributed by atoms with Gasteiger partial charge in [-0.25, -0.2) is 0 Å². The monoisotopic (exact) mass is 169 g/mol. The average molecular weight is 169 g/mol. The highest BCUT2D eigenvalue weighted by molar-refractivity contribution is 4.96. The molecule has 0 aliphatic heterocycles. The van der Waals surface area contributed by atoms with E-state index in [0.717, 1.165) is 11.6 Å². The fourth-order valence-electron chi connectivity index (χ4n) is 0.489. The van der Waals surface area contributed by atoms with Gasteiger partial charge in [0.25, 0.3) is 0 Å². The minimum absolute atomic E-state index is 0.480. The van der Waals surface area contributed by atoms with Gasteiger partial charge in [0.1, 0.15) is 0 Å². The Morgan fingerprint density at radius 2 is 1.67 bits per heavy atom. The molecule has 1 aromatic rings. The molecule has 0 bridgehead atoms. The van der Waals surface area contributed by atoms with Crippen molar-refractivity contribution < 1.29 is 0 Å². The van der Waals surface area contributed by atoms with Crippen LogP contribution in [0.25, 0.3) is 0 Å². The molecule has 1 aromatic heterocycles. The Morgan fingerprint density at radius 3 is 1.83 bits per heavy atom. The quantitative estimate of drug-likeness (QED) is 0.702. The molecular formula is C9H19N3. The van der Waals surface area contributed by atoms with Crippen molar-refractivity contribution in [3.63, 3.8) is 0 Å². The van der Waals surface area contributed by atoms with Crippen LogP contribution in [0, 0.1) is 5.92 Å². The van der Waals surface area contributed by atoms with Gasteiger partial charge in [0, 0.05) is 0 Å². The third kappa shape index (κ3) is 5.89. The molecule has 0 atom stereocenters. The summed E-state index contributed by atoms with van der Waals surface area (Å²) in [6, 6.07) is 0. The van der Waals surface area contributed by atoms with Gasteiger partial charge in [-0.2, -0.15) is 15.4 Å². The van der Waals surface area contributed by atoms with Gasteiger partial charge in [0.15, 0.2) is 0 Å². The van der Waals surface area contributed by atoms with Crippen LogP contribution in [0.5, 0.6) is 0 Å².